The molecule has 3 fully saturated rings. The molecule has 1 saturated heterocycles. The molecule has 1 aromatic rings. The van der Waals surface area contributed by atoms with Gasteiger partial charge in [0.15, 0.2) is 0 Å². The summed E-state index contributed by atoms with van der Waals surface area (Å²) in [4.78, 5) is 12.6. The predicted octanol–water partition coefficient (Wildman–Crippen LogP) is 4.91. The standard InChI is InChI=1S/C23H28F6N2O2/c24-22(25,26)16-7-13(8-17(10-16)23(27,28)29)11-30-21(32)15-3-4-18(9-15)31-20-5-6-33-12-19(20)14-1-2-14/h7-8,10,14-15,18-20,31H,1-6,9,11-12H2,(H,30,32)/t15-,18+,19?,20?/m0/s1. The quantitative estimate of drug-likeness (QED) is 0.571. The third-order valence-electron chi connectivity index (χ3n) is 7.00. The van der Waals surface area contributed by atoms with E-state index in [9.17, 15) is 31.1 Å². The first kappa shape index (κ1) is 24.3. The minimum atomic E-state index is -4.91. The lowest BCUT2D eigenvalue weighted by Gasteiger charge is -2.34. The van der Waals surface area contributed by atoms with Crippen LogP contribution in [0, 0.1) is 17.8 Å². The van der Waals surface area contributed by atoms with Crippen LogP contribution in [0.25, 0.3) is 0 Å². The van der Waals surface area contributed by atoms with Crippen molar-refractivity contribution in [2.24, 2.45) is 17.8 Å². The van der Waals surface area contributed by atoms with E-state index in [2.05, 4.69) is 10.6 Å². The summed E-state index contributed by atoms with van der Waals surface area (Å²) in [6.07, 6.45) is -4.37. The van der Waals surface area contributed by atoms with Crippen LogP contribution in [0.4, 0.5) is 26.3 Å². The zero-order chi connectivity index (χ0) is 23.8. The molecular formula is C23H28F6N2O2. The van der Waals surface area contributed by atoms with Gasteiger partial charge in [0.25, 0.3) is 0 Å². The predicted molar refractivity (Wildman–Crippen MR) is 108 cm³/mol. The van der Waals surface area contributed by atoms with Gasteiger partial charge in [-0.25, -0.2) is 0 Å². The maximum atomic E-state index is 13.0. The van der Waals surface area contributed by atoms with E-state index in [1.54, 1.807) is 0 Å². The van der Waals surface area contributed by atoms with E-state index in [1.165, 1.54) is 12.8 Å². The van der Waals surface area contributed by atoms with E-state index in [0.717, 1.165) is 19.4 Å². The normalized spacial score (nSPS) is 28.7. The smallest absolute Gasteiger partial charge is 0.381 e. The van der Waals surface area contributed by atoms with E-state index >= 15 is 0 Å². The van der Waals surface area contributed by atoms with E-state index in [4.69, 9.17) is 4.74 Å². The lowest BCUT2D eigenvalue weighted by Crippen LogP contribution is -2.47. The summed E-state index contributed by atoms with van der Waals surface area (Å²) in [5.74, 6) is 0.554. The molecule has 184 valence electrons. The molecule has 2 saturated carbocycles. The molecule has 10 heteroatoms. The molecule has 2 unspecified atom stereocenters. The van der Waals surface area contributed by atoms with Crippen LogP contribution in [0.1, 0.15) is 55.2 Å². The second-order valence-corrected chi connectivity index (χ2v) is 9.48. The van der Waals surface area contributed by atoms with Crippen molar-refractivity contribution in [3.63, 3.8) is 0 Å². The fourth-order valence-electron chi connectivity index (χ4n) is 5.08. The van der Waals surface area contributed by atoms with Gasteiger partial charge in [-0.15, -0.1) is 0 Å². The average Bonchev–Trinajstić information content (AvgIpc) is 3.49. The molecule has 2 N–H and O–H groups in total. The molecule has 0 radical (unpaired) electrons. The highest BCUT2D eigenvalue weighted by Crippen LogP contribution is 2.41. The van der Waals surface area contributed by atoms with Crippen LogP contribution >= 0.6 is 0 Å². The fourth-order valence-corrected chi connectivity index (χ4v) is 5.08. The number of amides is 1. The molecule has 0 spiro atoms. The van der Waals surface area contributed by atoms with Gasteiger partial charge in [-0.1, -0.05) is 0 Å². The van der Waals surface area contributed by atoms with Crippen molar-refractivity contribution >= 4 is 5.91 Å². The van der Waals surface area contributed by atoms with Gasteiger partial charge >= 0.3 is 12.4 Å². The first-order chi connectivity index (χ1) is 15.5. The minimum absolute atomic E-state index is 0.0871. The van der Waals surface area contributed by atoms with E-state index in [1.807, 2.05) is 0 Å². The summed E-state index contributed by atoms with van der Waals surface area (Å²) in [5.41, 5.74) is -2.99. The monoisotopic (exact) mass is 478 g/mol. The zero-order valence-electron chi connectivity index (χ0n) is 18.1. The molecule has 0 aromatic heterocycles. The fraction of sp³-hybridized carbons (Fsp3) is 0.696. The Hall–Kier alpha value is -1.81. The number of alkyl halides is 6. The van der Waals surface area contributed by atoms with Crippen LogP contribution in [0.15, 0.2) is 18.2 Å². The molecule has 0 bridgehead atoms. The third-order valence-corrected chi connectivity index (χ3v) is 7.00. The molecule has 1 amide bonds. The number of carbonyl (C=O) groups excluding carboxylic acids is 1. The van der Waals surface area contributed by atoms with Crippen molar-refractivity contribution in [3.8, 4) is 0 Å². The molecule has 4 nitrogen and oxygen atoms in total. The average molecular weight is 478 g/mol. The summed E-state index contributed by atoms with van der Waals surface area (Å²) in [7, 11) is 0. The minimum Gasteiger partial charge on any atom is -0.381 e. The molecule has 1 aromatic carbocycles. The third kappa shape index (κ3) is 6.20. The number of benzene rings is 1. The summed E-state index contributed by atoms with van der Waals surface area (Å²) < 4.78 is 83.8. The van der Waals surface area contributed by atoms with Crippen molar-refractivity contribution in [2.45, 2.75) is 69.5 Å². The maximum Gasteiger partial charge on any atom is 0.416 e. The lowest BCUT2D eigenvalue weighted by atomic mass is 9.90. The lowest BCUT2D eigenvalue weighted by molar-refractivity contribution is -0.143. The summed E-state index contributed by atoms with van der Waals surface area (Å²) in [6.45, 7) is 1.09. The molecule has 2 aliphatic carbocycles. The van der Waals surface area contributed by atoms with Crippen molar-refractivity contribution in [3.05, 3.63) is 34.9 Å². The van der Waals surface area contributed by atoms with Gasteiger partial charge in [0.1, 0.15) is 0 Å². The maximum absolute atomic E-state index is 13.0. The number of hydrogen-bond acceptors (Lipinski definition) is 3. The van der Waals surface area contributed by atoms with Crippen molar-refractivity contribution in [2.75, 3.05) is 13.2 Å². The van der Waals surface area contributed by atoms with Crippen LogP contribution in [-0.4, -0.2) is 31.2 Å². The first-order valence-electron chi connectivity index (χ1n) is 11.4. The van der Waals surface area contributed by atoms with Gasteiger partial charge < -0.3 is 15.4 Å². The topological polar surface area (TPSA) is 50.4 Å². The Labute approximate surface area is 188 Å². The second-order valence-electron chi connectivity index (χ2n) is 9.48. The van der Waals surface area contributed by atoms with Gasteiger partial charge in [0.05, 0.1) is 17.7 Å². The van der Waals surface area contributed by atoms with Gasteiger partial charge in [0.2, 0.25) is 5.91 Å². The molecular weight excluding hydrogens is 450 g/mol. The van der Waals surface area contributed by atoms with Crippen LogP contribution < -0.4 is 10.6 Å². The summed E-state index contributed by atoms with van der Waals surface area (Å²) in [5, 5.41) is 6.22. The van der Waals surface area contributed by atoms with Crippen molar-refractivity contribution < 1.29 is 35.9 Å². The van der Waals surface area contributed by atoms with E-state index in [-0.39, 0.29) is 36.0 Å². The SMILES string of the molecule is O=C(NCc1cc(C(F)(F)F)cc(C(F)(F)F)c1)[C@H]1CC[C@@H](NC2CCOCC2C2CC2)C1. The summed E-state index contributed by atoms with van der Waals surface area (Å²) in [6, 6.07) is 1.93. The number of rotatable bonds is 6. The molecule has 4 atom stereocenters. The van der Waals surface area contributed by atoms with Crippen molar-refractivity contribution in [1.29, 1.82) is 0 Å². The van der Waals surface area contributed by atoms with Crippen LogP contribution in [-0.2, 0) is 28.4 Å². The van der Waals surface area contributed by atoms with Gasteiger partial charge in [0, 0.05) is 37.1 Å². The van der Waals surface area contributed by atoms with Gasteiger partial charge in [-0.05, 0) is 68.2 Å². The number of carbonyl (C=O) groups is 1. The second kappa shape index (κ2) is 9.44. The Bertz CT molecular complexity index is 820. The highest BCUT2D eigenvalue weighted by atomic mass is 19.4. The van der Waals surface area contributed by atoms with Crippen LogP contribution in [0.5, 0.6) is 0 Å². The highest BCUT2D eigenvalue weighted by Gasteiger charge is 2.41. The van der Waals surface area contributed by atoms with Crippen LogP contribution in [0.3, 0.4) is 0 Å². The highest BCUT2D eigenvalue weighted by molar-refractivity contribution is 5.79. The van der Waals surface area contributed by atoms with Gasteiger partial charge in [-0.2, -0.15) is 26.3 Å². The number of hydrogen-bond donors (Lipinski definition) is 2. The largest absolute Gasteiger partial charge is 0.416 e. The Morgan fingerprint density at radius 3 is 2.21 bits per heavy atom. The molecule has 4 rings (SSSR count). The Kier molecular flexibility index (Phi) is 6.96. The molecule has 1 heterocycles. The Morgan fingerprint density at radius 1 is 0.939 bits per heavy atom. The number of halogens is 6. The van der Waals surface area contributed by atoms with Gasteiger partial charge in [-0.3, -0.25) is 4.79 Å². The molecule has 33 heavy (non-hydrogen) atoms. The number of ether oxygens (including phenoxy) is 1. The number of nitrogens with one attached hydrogen (secondary N) is 2. The van der Waals surface area contributed by atoms with E-state index in [0.29, 0.717) is 49.5 Å². The van der Waals surface area contributed by atoms with Crippen LogP contribution in [0.2, 0.25) is 0 Å². The molecule has 1 aliphatic heterocycles. The Morgan fingerprint density at radius 2 is 1.61 bits per heavy atom. The Balaban J connectivity index is 1.33. The molecule has 3 aliphatic rings. The summed E-state index contributed by atoms with van der Waals surface area (Å²) >= 11 is 0. The van der Waals surface area contributed by atoms with E-state index < -0.39 is 23.5 Å². The zero-order valence-corrected chi connectivity index (χ0v) is 18.1. The first-order valence-corrected chi connectivity index (χ1v) is 11.4. The van der Waals surface area contributed by atoms with Crippen molar-refractivity contribution in [1.82, 2.24) is 10.6 Å².